The van der Waals surface area contributed by atoms with Crippen LogP contribution in [0.3, 0.4) is 0 Å². The molecule has 31 heavy (non-hydrogen) atoms. The lowest BCUT2D eigenvalue weighted by molar-refractivity contribution is -0.0342. The third-order valence-corrected chi connectivity index (χ3v) is 5.38. The quantitative estimate of drug-likeness (QED) is 0.337. The van der Waals surface area contributed by atoms with E-state index >= 15 is 0 Å². The molecule has 1 aliphatic heterocycles. The van der Waals surface area contributed by atoms with Crippen molar-refractivity contribution in [3.63, 3.8) is 0 Å². The number of hydrogen-bond donors (Lipinski definition) is 4. The van der Waals surface area contributed by atoms with Gasteiger partial charge in [0.1, 0.15) is 30.2 Å². The Morgan fingerprint density at radius 1 is 1.10 bits per heavy atom. The number of anilines is 1. The van der Waals surface area contributed by atoms with Crippen molar-refractivity contribution in [1.82, 2.24) is 34.6 Å². The predicted octanol–water partition coefficient (Wildman–Crippen LogP) is 0.00320. The van der Waals surface area contributed by atoms with E-state index in [0.29, 0.717) is 24.3 Å². The van der Waals surface area contributed by atoms with E-state index < -0.39 is 24.5 Å². The Hall–Kier alpha value is -3.38. The second kappa shape index (κ2) is 8.04. The summed E-state index contributed by atoms with van der Waals surface area (Å²) in [5, 5.41) is 28.5. The lowest BCUT2D eigenvalue weighted by atomic mass is 10.1. The third kappa shape index (κ3) is 3.64. The summed E-state index contributed by atoms with van der Waals surface area (Å²) in [5.74, 6) is 0.244. The first kappa shape index (κ1) is 19.6. The van der Waals surface area contributed by atoms with E-state index in [1.54, 1.807) is 15.4 Å². The average Bonchev–Trinajstić information content (AvgIpc) is 3.51. The van der Waals surface area contributed by atoms with E-state index in [1.807, 2.05) is 36.5 Å². The molecule has 4 heterocycles. The maximum atomic E-state index is 10.5. The summed E-state index contributed by atoms with van der Waals surface area (Å²) < 4.78 is 9.29. The van der Waals surface area contributed by atoms with Gasteiger partial charge in [-0.3, -0.25) is 4.57 Å². The first-order chi connectivity index (χ1) is 15.1. The van der Waals surface area contributed by atoms with Crippen LogP contribution in [0.4, 0.5) is 5.82 Å². The van der Waals surface area contributed by atoms with Gasteiger partial charge in [-0.1, -0.05) is 12.1 Å². The minimum Gasteiger partial charge on any atom is -0.387 e. The normalized spacial score (nSPS) is 23.5. The summed E-state index contributed by atoms with van der Waals surface area (Å²) in [6, 6.07) is 9.87. The molecule has 1 aliphatic rings. The molecule has 0 aliphatic carbocycles. The number of hydrogen-bond acceptors (Lipinski definition) is 9. The maximum absolute atomic E-state index is 10.5. The van der Waals surface area contributed by atoms with Crippen LogP contribution in [-0.2, 0) is 11.3 Å². The predicted molar refractivity (Wildman–Crippen MR) is 111 cm³/mol. The van der Waals surface area contributed by atoms with Crippen LogP contribution in [-0.4, -0.2) is 64.4 Å². The zero-order valence-electron chi connectivity index (χ0n) is 16.5. The number of aliphatic hydroxyl groups is 2. The van der Waals surface area contributed by atoms with Gasteiger partial charge in [0.25, 0.3) is 0 Å². The van der Waals surface area contributed by atoms with Crippen molar-refractivity contribution < 1.29 is 14.9 Å². The zero-order chi connectivity index (χ0) is 21.4. The summed E-state index contributed by atoms with van der Waals surface area (Å²) in [6.07, 6.45) is 2.81. The van der Waals surface area contributed by atoms with Gasteiger partial charge in [-0.05, 0) is 23.8 Å². The number of aliphatic hydroxyl groups excluding tert-OH is 2. The summed E-state index contributed by atoms with van der Waals surface area (Å²) in [7, 11) is 0. The first-order valence-electron chi connectivity index (χ1n) is 9.86. The summed E-state index contributed by atoms with van der Waals surface area (Å²) in [4.78, 5) is 12.3. The lowest BCUT2D eigenvalue weighted by Crippen LogP contribution is -2.37. The van der Waals surface area contributed by atoms with Gasteiger partial charge in [0.05, 0.1) is 12.0 Å². The molecule has 0 spiro atoms. The van der Waals surface area contributed by atoms with Crippen LogP contribution in [0.1, 0.15) is 11.8 Å². The van der Waals surface area contributed by atoms with Crippen LogP contribution in [0.25, 0.3) is 16.9 Å². The van der Waals surface area contributed by atoms with Crippen molar-refractivity contribution in [2.45, 2.75) is 31.1 Å². The van der Waals surface area contributed by atoms with E-state index in [-0.39, 0.29) is 5.82 Å². The van der Waals surface area contributed by atoms with Gasteiger partial charge in [0, 0.05) is 25.5 Å². The minimum atomic E-state index is -1.13. The highest BCUT2D eigenvalue weighted by Crippen LogP contribution is 2.31. The molecule has 1 aromatic carbocycles. The van der Waals surface area contributed by atoms with Crippen molar-refractivity contribution >= 4 is 17.0 Å². The van der Waals surface area contributed by atoms with Gasteiger partial charge in [-0.2, -0.15) is 5.10 Å². The highest BCUT2D eigenvalue weighted by atomic mass is 16.6. The fraction of sp³-hybridized carbons (Fsp3) is 0.300. The number of fused-ring (bicyclic) bond motifs is 1. The van der Waals surface area contributed by atoms with Crippen LogP contribution in [0, 0.1) is 0 Å². The number of nitrogens with two attached hydrogens (primary N) is 1. The molecule has 4 aromatic rings. The highest BCUT2D eigenvalue weighted by molar-refractivity contribution is 5.81. The molecule has 11 nitrogen and oxygen atoms in total. The van der Waals surface area contributed by atoms with Crippen LogP contribution in [0.5, 0.6) is 0 Å². The number of aromatic nitrogens is 6. The van der Waals surface area contributed by atoms with E-state index in [1.165, 1.54) is 12.7 Å². The molecule has 0 bridgehead atoms. The number of nitrogen functional groups attached to an aromatic ring is 1. The Balaban J connectivity index is 1.22. The van der Waals surface area contributed by atoms with E-state index in [0.717, 1.165) is 11.3 Å². The molecule has 1 saturated heterocycles. The van der Waals surface area contributed by atoms with Crippen molar-refractivity contribution in [1.29, 1.82) is 0 Å². The van der Waals surface area contributed by atoms with Crippen molar-refractivity contribution in [3.8, 4) is 5.69 Å². The van der Waals surface area contributed by atoms with Crippen molar-refractivity contribution in [2.24, 2.45) is 0 Å². The number of rotatable bonds is 6. The van der Waals surface area contributed by atoms with Crippen molar-refractivity contribution in [2.75, 3.05) is 12.3 Å². The van der Waals surface area contributed by atoms with Crippen molar-refractivity contribution in [3.05, 3.63) is 60.9 Å². The maximum Gasteiger partial charge on any atom is 0.167 e. The first-order valence-corrected chi connectivity index (χ1v) is 9.86. The molecule has 4 atom stereocenters. The molecule has 0 saturated carbocycles. The van der Waals surface area contributed by atoms with Crippen LogP contribution in [0.15, 0.2) is 55.4 Å². The van der Waals surface area contributed by atoms with Crippen LogP contribution in [0.2, 0.25) is 0 Å². The molecule has 3 aromatic heterocycles. The molecule has 160 valence electrons. The molecular formula is C20H22N8O3. The molecular weight excluding hydrogens is 400 g/mol. The van der Waals surface area contributed by atoms with Gasteiger partial charge in [0.15, 0.2) is 17.7 Å². The lowest BCUT2D eigenvalue weighted by Gasteiger charge is -2.16. The number of nitrogens with one attached hydrogen (secondary N) is 1. The molecule has 0 unspecified atom stereocenters. The molecule has 5 N–H and O–H groups in total. The smallest absolute Gasteiger partial charge is 0.167 e. The van der Waals surface area contributed by atoms with Gasteiger partial charge in [0.2, 0.25) is 0 Å². The topological polar surface area (TPSA) is 149 Å². The number of nitrogens with zero attached hydrogens (tertiary/aromatic N) is 6. The second-order valence-corrected chi connectivity index (χ2v) is 7.38. The minimum absolute atomic E-state index is 0.244. The molecule has 1 fully saturated rings. The second-order valence-electron chi connectivity index (χ2n) is 7.38. The van der Waals surface area contributed by atoms with E-state index in [4.69, 9.17) is 10.5 Å². The third-order valence-electron chi connectivity index (χ3n) is 5.38. The van der Waals surface area contributed by atoms with Crippen LogP contribution >= 0.6 is 0 Å². The largest absolute Gasteiger partial charge is 0.387 e. The van der Waals surface area contributed by atoms with Gasteiger partial charge < -0.3 is 26.0 Å². The summed E-state index contributed by atoms with van der Waals surface area (Å²) in [5.41, 5.74) is 8.74. The Morgan fingerprint density at radius 3 is 2.71 bits per heavy atom. The molecule has 11 heteroatoms. The molecule has 5 rings (SSSR count). The fourth-order valence-corrected chi connectivity index (χ4v) is 3.73. The van der Waals surface area contributed by atoms with Crippen LogP contribution < -0.4 is 11.1 Å². The van der Waals surface area contributed by atoms with Gasteiger partial charge in [-0.15, -0.1) is 0 Å². The molecule has 0 radical (unpaired) electrons. The van der Waals surface area contributed by atoms with E-state index in [2.05, 4.69) is 25.4 Å². The summed E-state index contributed by atoms with van der Waals surface area (Å²) in [6.45, 7) is 0.948. The monoisotopic (exact) mass is 422 g/mol. The Morgan fingerprint density at radius 2 is 1.94 bits per heavy atom. The standard InChI is InChI=1S/C20H22N8O3/c21-18-15-19(24-10-23-18)27(11-25-15)20-17(30)16(29)14(31-20)9-22-8-12-2-4-13(5-3-12)28-7-1-6-26-28/h1-7,10-11,14,16-17,20,22,29-30H,8-9H2,(H2,21,23,24)/t14-,16-,17-,20-/m1/s1. The number of ether oxygens (including phenoxy) is 1. The average molecular weight is 422 g/mol. The van der Waals surface area contributed by atoms with Gasteiger partial charge in [-0.25, -0.2) is 19.6 Å². The molecule has 0 amide bonds. The summed E-state index contributed by atoms with van der Waals surface area (Å²) >= 11 is 0. The SMILES string of the molecule is Nc1ncnc2c1ncn2[C@@H]1O[C@H](CNCc2ccc(-n3cccn3)cc2)[C@@H](O)[C@H]1O. The number of imidazole rings is 1. The zero-order valence-corrected chi connectivity index (χ0v) is 16.5. The number of benzene rings is 1. The fourth-order valence-electron chi connectivity index (χ4n) is 3.73. The Labute approximate surface area is 177 Å². The van der Waals surface area contributed by atoms with E-state index in [9.17, 15) is 10.2 Å². The highest BCUT2D eigenvalue weighted by Gasteiger charge is 2.44. The Bertz CT molecular complexity index is 1160. The van der Waals surface area contributed by atoms with Gasteiger partial charge >= 0.3 is 0 Å². The Kier molecular flexibility index (Phi) is 5.08.